The quantitative estimate of drug-likeness (QED) is 0.205. The number of hydrogen-bond donors (Lipinski definition) is 0. The van der Waals surface area contributed by atoms with Crippen LogP contribution in [0, 0.1) is 0 Å². The average Bonchev–Trinajstić information content (AvgIpc) is 3.79. The van der Waals surface area contributed by atoms with E-state index in [1.54, 1.807) is 28.8 Å². The van der Waals surface area contributed by atoms with Gasteiger partial charge in [-0.15, -0.1) is 11.3 Å². The van der Waals surface area contributed by atoms with Gasteiger partial charge in [0.15, 0.2) is 17.5 Å². The van der Waals surface area contributed by atoms with E-state index in [0.717, 1.165) is 22.5 Å². The van der Waals surface area contributed by atoms with Gasteiger partial charge in [0.2, 0.25) is 0 Å². The summed E-state index contributed by atoms with van der Waals surface area (Å²) in [4.78, 5) is 14.6. The lowest BCUT2D eigenvalue weighted by Crippen LogP contribution is -2.03. The van der Waals surface area contributed by atoms with Crippen LogP contribution >= 0.6 is 11.3 Å². The average molecular weight is 591 g/mol. The van der Waals surface area contributed by atoms with Gasteiger partial charge >= 0.3 is 0 Å². The van der Waals surface area contributed by atoms with Crippen LogP contribution in [-0.2, 0) is 0 Å². The van der Waals surface area contributed by atoms with Crippen LogP contribution in [0.15, 0.2) is 145 Å². The van der Waals surface area contributed by atoms with Crippen molar-refractivity contribution < 1.29 is 13.7 Å². The van der Waals surface area contributed by atoms with E-state index >= 15 is 0 Å². The molecule has 0 saturated carbocycles. The van der Waals surface area contributed by atoms with Crippen molar-refractivity contribution in [3.05, 3.63) is 145 Å². The monoisotopic (exact) mass is 590 g/mol. The van der Waals surface area contributed by atoms with E-state index in [-0.39, 0.29) is 78.0 Å². The van der Waals surface area contributed by atoms with Gasteiger partial charge in [-0.05, 0) is 36.3 Å². The van der Waals surface area contributed by atoms with Crippen molar-refractivity contribution in [1.82, 2.24) is 19.5 Å². The Kier molecular flexibility index (Phi) is 3.82. The topological polar surface area (TPSA) is 43.6 Å². The van der Waals surface area contributed by atoms with E-state index in [4.69, 9.17) is 24.5 Å². The normalized spacial score (nSPS) is 14.8. The number of thiophene rings is 1. The van der Waals surface area contributed by atoms with Gasteiger partial charge in [-0.25, -0.2) is 15.0 Å². The first kappa shape index (κ1) is 16.8. The Morgan fingerprint density at radius 3 is 1.86 bits per heavy atom. The second-order valence-electron chi connectivity index (χ2n) is 10.1. The highest BCUT2D eigenvalue weighted by Crippen LogP contribution is 2.41. The molecule has 0 atom stereocenters. The van der Waals surface area contributed by atoms with Gasteiger partial charge in [-0.1, -0.05) is 109 Å². The molecule has 0 fully saturated rings. The third-order valence-electron chi connectivity index (χ3n) is 7.50. The SMILES string of the molecule is [2H]c1c([2H])c([2H])c2c(sc3c([2H])c4c(c([2H])c32)c2c([2H])c([2H])c([2H])c([2H])c2n4-c2ccccc2-c2nc(-c3ccccc3)nc(-c3ccccc3)n2)c1[2H]. The number of benzene rings is 6. The highest BCUT2D eigenvalue weighted by molar-refractivity contribution is 7.25. The van der Waals surface area contributed by atoms with Gasteiger partial charge in [0.1, 0.15) is 0 Å². The maximum atomic E-state index is 9.68. The fraction of sp³-hybridized carbons (Fsp3) is 0. The van der Waals surface area contributed by atoms with Gasteiger partial charge in [0, 0.05) is 47.6 Å². The van der Waals surface area contributed by atoms with Crippen molar-refractivity contribution in [3.63, 3.8) is 0 Å². The molecule has 0 spiro atoms. The number of fused-ring (bicyclic) bond motifs is 6. The molecule has 3 heterocycles. The van der Waals surface area contributed by atoms with E-state index in [0.29, 0.717) is 22.9 Å². The molecule has 6 aromatic carbocycles. The predicted molar refractivity (Wildman–Crippen MR) is 183 cm³/mol. The van der Waals surface area contributed by atoms with Crippen LogP contribution in [0.25, 0.3) is 81.8 Å². The van der Waals surface area contributed by atoms with Crippen molar-refractivity contribution in [2.75, 3.05) is 0 Å². The minimum absolute atomic E-state index is 0.0111. The van der Waals surface area contributed by atoms with E-state index in [1.165, 1.54) is 0 Å². The number of rotatable bonds is 4. The Balaban J connectivity index is 1.46. The molecular formula is C39H24N4S. The van der Waals surface area contributed by atoms with Crippen molar-refractivity contribution in [2.45, 2.75) is 0 Å². The summed E-state index contributed by atoms with van der Waals surface area (Å²) in [6.07, 6.45) is 0. The molecule has 206 valence electrons. The molecule has 0 unspecified atom stereocenters. The fourth-order valence-corrected chi connectivity index (χ4v) is 6.49. The smallest absolute Gasteiger partial charge is 0.166 e. The van der Waals surface area contributed by atoms with Crippen LogP contribution in [0.5, 0.6) is 0 Å². The minimum atomic E-state index is -0.513. The van der Waals surface area contributed by atoms with Crippen LogP contribution in [0.4, 0.5) is 0 Å². The summed E-state index contributed by atoms with van der Waals surface area (Å²) in [6.45, 7) is 0. The standard InChI is InChI=1S/C39H24N4S/c1-3-13-25(14-4-1)37-40-38(26-15-5-2-6-16-26)42-39(41-37)29-19-8-11-21-33(29)43-32-20-10-7-17-27(32)30-23-31-28-18-9-12-22-35(28)44-36(31)24-34(30)43/h1-24H/i7D,9D,10D,12D,17D,18D,20D,22D,23D,24D. The lowest BCUT2D eigenvalue weighted by atomic mass is 10.1. The Labute approximate surface area is 271 Å². The van der Waals surface area contributed by atoms with Gasteiger partial charge in [-0.2, -0.15) is 0 Å². The van der Waals surface area contributed by atoms with Gasteiger partial charge < -0.3 is 4.57 Å². The Morgan fingerprint density at radius 1 is 0.500 bits per heavy atom. The maximum Gasteiger partial charge on any atom is 0.166 e. The molecule has 5 heteroatoms. The predicted octanol–water partition coefficient (Wildman–Crippen LogP) is 10.3. The Hall–Kier alpha value is -5.65. The molecule has 0 radical (unpaired) electrons. The van der Waals surface area contributed by atoms with Gasteiger partial charge in [0.05, 0.1) is 30.4 Å². The summed E-state index contributed by atoms with van der Waals surface area (Å²) in [5, 5.41) is 0.284. The van der Waals surface area contributed by atoms with Gasteiger partial charge in [-0.3, -0.25) is 0 Å². The first-order chi connectivity index (χ1) is 26.0. The second kappa shape index (κ2) is 9.97. The van der Waals surface area contributed by atoms with Crippen molar-refractivity contribution >= 4 is 53.3 Å². The second-order valence-corrected chi connectivity index (χ2v) is 11.1. The Morgan fingerprint density at radius 2 is 1.11 bits per heavy atom. The van der Waals surface area contributed by atoms with Crippen molar-refractivity contribution in [3.8, 4) is 39.9 Å². The molecule has 3 aromatic heterocycles. The molecule has 0 saturated heterocycles. The summed E-state index contributed by atoms with van der Waals surface area (Å²) in [7, 11) is 0. The lowest BCUT2D eigenvalue weighted by Gasteiger charge is -2.14. The summed E-state index contributed by atoms with van der Waals surface area (Å²) < 4.78 is 90.8. The van der Waals surface area contributed by atoms with E-state index in [9.17, 15) is 4.11 Å². The highest BCUT2D eigenvalue weighted by atomic mass is 32.1. The van der Waals surface area contributed by atoms with Crippen LogP contribution in [0.2, 0.25) is 0 Å². The zero-order valence-electron chi connectivity index (χ0n) is 32.8. The molecular weight excluding hydrogens is 557 g/mol. The van der Waals surface area contributed by atoms with Crippen LogP contribution in [0.3, 0.4) is 0 Å². The van der Waals surface area contributed by atoms with E-state index in [1.807, 2.05) is 60.7 Å². The molecule has 0 aliphatic heterocycles. The number of aromatic nitrogens is 4. The number of hydrogen-bond acceptors (Lipinski definition) is 4. The first-order valence-electron chi connectivity index (χ1n) is 18.8. The van der Waals surface area contributed by atoms with Gasteiger partial charge in [0.25, 0.3) is 0 Å². The highest BCUT2D eigenvalue weighted by Gasteiger charge is 2.20. The van der Waals surface area contributed by atoms with Crippen LogP contribution in [-0.4, -0.2) is 19.5 Å². The molecule has 9 rings (SSSR count). The summed E-state index contributed by atoms with van der Waals surface area (Å²) in [5.41, 5.74) is 2.48. The summed E-state index contributed by atoms with van der Waals surface area (Å²) in [6, 6.07) is 22.3. The third kappa shape index (κ3) is 3.94. The molecule has 9 aromatic rings. The molecule has 0 N–H and O–H groups in total. The van der Waals surface area contributed by atoms with Crippen LogP contribution in [0.1, 0.15) is 13.7 Å². The molecule has 0 bridgehead atoms. The number of para-hydroxylation sites is 2. The molecule has 0 aliphatic carbocycles. The molecule has 44 heavy (non-hydrogen) atoms. The van der Waals surface area contributed by atoms with E-state index in [2.05, 4.69) is 0 Å². The zero-order valence-corrected chi connectivity index (χ0v) is 23.6. The summed E-state index contributed by atoms with van der Waals surface area (Å²) >= 11 is 0.977. The lowest BCUT2D eigenvalue weighted by molar-refractivity contribution is 1.06. The van der Waals surface area contributed by atoms with Crippen molar-refractivity contribution in [2.24, 2.45) is 0 Å². The zero-order chi connectivity index (χ0) is 37.7. The van der Waals surface area contributed by atoms with Crippen molar-refractivity contribution in [1.29, 1.82) is 0 Å². The van der Waals surface area contributed by atoms with Crippen LogP contribution < -0.4 is 0 Å². The third-order valence-corrected chi connectivity index (χ3v) is 8.52. The molecule has 4 nitrogen and oxygen atoms in total. The Bertz CT molecular complexity index is 3000. The maximum absolute atomic E-state index is 9.68. The fourth-order valence-electron chi connectivity index (χ4n) is 5.52. The van der Waals surface area contributed by atoms with E-state index < -0.39 is 30.2 Å². The molecule has 0 amide bonds. The minimum Gasteiger partial charge on any atom is -0.308 e. The largest absolute Gasteiger partial charge is 0.308 e. The first-order valence-corrected chi connectivity index (χ1v) is 14.6. The number of nitrogens with zero attached hydrogens (tertiary/aromatic N) is 4. The summed E-state index contributed by atoms with van der Waals surface area (Å²) in [5.74, 6) is 1.07. The molecule has 0 aliphatic rings.